The highest BCUT2D eigenvalue weighted by Gasteiger charge is 2.23. The van der Waals surface area contributed by atoms with Crippen molar-refractivity contribution in [1.29, 1.82) is 0 Å². The van der Waals surface area contributed by atoms with Crippen LogP contribution in [0.25, 0.3) is 10.8 Å². The summed E-state index contributed by atoms with van der Waals surface area (Å²) < 4.78 is 5.65. The van der Waals surface area contributed by atoms with Crippen molar-refractivity contribution >= 4 is 16.7 Å². The predicted molar refractivity (Wildman–Crippen MR) is 69.1 cm³/mol. The summed E-state index contributed by atoms with van der Waals surface area (Å²) in [6.45, 7) is 0.624. The summed E-state index contributed by atoms with van der Waals surface area (Å²) in [6.07, 6.45) is 2.38. The molecule has 0 aliphatic heterocycles. The Labute approximate surface area is 105 Å². The minimum atomic E-state index is -0.933. The highest BCUT2D eigenvalue weighted by molar-refractivity contribution is 6.06. The molecule has 0 atom stereocenters. The van der Waals surface area contributed by atoms with Gasteiger partial charge in [0.25, 0.3) is 0 Å². The van der Waals surface area contributed by atoms with Crippen molar-refractivity contribution in [3.8, 4) is 5.75 Å². The van der Waals surface area contributed by atoms with E-state index >= 15 is 0 Å². The van der Waals surface area contributed by atoms with Crippen LogP contribution in [-0.4, -0.2) is 17.7 Å². The molecule has 92 valence electrons. The second-order valence-electron chi connectivity index (χ2n) is 4.72. The molecule has 3 heteroatoms. The summed E-state index contributed by atoms with van der Waals surface area (Å²) in [6, 6.07) is 11.1. The van der Waals surface area contributed by atoms with E-state index in [0.717, 1.165) is 10.8 Å². The summed E-state index contributed by atoms with van der Waals surface area (Å²) in [4.78, 5) is 11.4. The second-order valence-corrected chi connectivity index (χ2v) is 4.72. The van der Waals surface area contributed by atoms with Gasteiger partial charge in [-0.3, -0.25) is 0 Å². The smallest absolute Gasteiger partial charge is 0.340 e. The predicted octanol–water partition coefficient (Wildman–Crippen LogP) is 3.33. The molecule has 0 saturated heterocycles. The molecule has 0 radical (unpaired) electrons. The maximum atomic E-state index is 11.4. The lowest BCUT2D eigenvalue weighted by Gasteiger charge is -2.11. The van der Waals surface area contributed by atoms with Crippen molar-refractivity contribution in [1.82, 2.24) is 0 Å². The zero-order valence-corrected chi connectivity index (χ0v) is 9.93. The van der Waals surface area contributed by atoms with Gasteiger partial charge in [-0.15, -0.1) is 0 Å². The van der Waals surface area contributed by atoms with Crippen LogP contribution in [0.1, 0.15) is 23.2 Å². The van der Waals surface area contributed by atoms with Gasteiger partial charge in [0.1, 0.15) is 11.3 Å². The summed E-state index contributed by atoms with van der Waals surface area (Å²) in [5.41, 5.74) is 0.272. The van der Waals surface area contributed by atoms with Gasteiger partial charge < -0.3 is 9.84 Å². The van der Waals surface area contributed by atoms with E-state index in [1.165, 1.54) is 12.8 Å². The quantitative estimate of drug-likeness (QED) is 0.894. The molecule has 1 aliphatic rings. The summed E-state index contributed by atoms with van der Waals surface area (Å²) in [5, 5.41) is 11.0. The van der Waals surface area contributed by atoms with Gasteiger partial charge in [0.2, 0.25) is 0 Å². The zero-order valence-electron chi connectivity index (χ0n) is 9.93. The standard InChI is InChI=1S/C15H14O3/c16-15(17)14-12-4-2-1-3-11(12)7-8-13(14)18-9-10-5-6-10/h1-4,7-8,10H,5-6,9H2,(H,16,17). The number of rotatable bonds is 4. The Bertz CT molecular complexity index is 600. The van der Waals surface area contributed by atoms with Crippen molar-refractivity contribution in [2.75, 3.05) is 6.61 Å². The van der Waals surface area contributed by atoms with E-state index in [1.807, 2.05) is 30.3 Å². The van der Waals surface area contributed by atoms with Gasteiger partial charge in [-0.2, -0.15) is 0 Å². The molecule has 1 fully saturated rings. The molecular formula is C15H14O3. The summed E-state index contributed by atoms with van der Waals surface area (Å²) in [7, 11) is 0. The first-order valence-corrected chi connectivity index (χ1v) is 6.13. The van der Waals surface area contributed by atoms with Crippen LogP contribution >= 0.6 is 0 Å². The average Bonchev–Trinajstić information content (AvgIpc) is 3.19. The number of aromatic carboxylic acids is 1. The molecule has 1 saturated carbocycles. The molecule has 1 N–H and O–H groups in total. The molecule has 0 aromatic heterocycles. The zero-order chi connectivity index (χ0) is 12.5. The van der Waals surface area contributed by atoms with Crippen molar-refractivity contribution in [3.05, 3.63) is 42.0 Å². The Kier molecular flexibility index (Phi) is 2.67. The van der Waals surface area contributed by atoms with Gasteiger partial charge in [0.15, 0.2) is 0 Å². The SMILES string of the molecule is O=C(O)c1c(OCC2CC2)ccc2ccccc12. The first kappa shape index (κ1) is 11.1. The lowest BCUT2D eigenvalue weighted by molar-refractivity contribution is 0.0694. The third kappa shape index (κ3) is 2.04. The molecule has 0 unspecified atom stereocenters. The number of fused-ring (bicyclic) bond motifs is 1. The molecule has 3 rings (SSSR count). The largest absolute Gasteiger partial charge is 0.492 e. The number of hydrogen-bond donors (Lipinski definition) is 1. The van der Waals surface area contributed by atoms with E-state index in [9.17, 15) is 9.90 Å². The van der Waals surface area contributed by atoms with Gasteiger partial charge in [-0.05, 0) is 35.6 Å². The number of carboxylic acid groups (broad SMARTS) is 1. The molecule has 1 aliphatic carbocycles. The van der Waals surface area contributed by atoms with Gasteiger partial charge >= 0.3 is 5.97 Å². The van der Waals surface area contributed by atoms with Crippen molar-refractivity contribution < 1.29 is 14.6 Å². The molecule has 2 aromatic rings. The Hall–Kier alpha value is -2.03. The lowest BCUT2D eigenvalue weighted by Crippen LogP contribution is -2.06. The van der Waals surface area contributed by atoms with E-state index in [4.69, 9.17) is 4.74 Å². The van der Waals surface area contributed by atoms with Gasteiger partial charge in [0.05, 0.1) is 6.61 Å². The monoisotopic (exact) mass is 242 g/mol. The summed E-state index contributed by atoms with van der Waals surface area (Å²) in [5.74, 6) is 0.156. The van der Waals surface area contributed by atoms with E-state index in [2.05, 4.69) is 0 Å². The first-order chi connectivity index (χ1) is 8.75. The van der Waals surface area contributed by atoms with Crippen molar-refractivity contribution in [2.24, 2.45) is 5.92 Å². The average molecular weight is 242 g/mol. The van der Waals surface area contributed by atoms with E-state index in [1.54, 1.807) is 6.07 Å². The molecule has 18 heavy (non-hydrogen) atoms. The molecule has 0 amide bonds. The Morgan fingerprint density at radius 3 is 2.72 bits per heavy atom. The maximum Gasteiger partial charge on any atom is 0.340 e. The minimum absolute atomic E-state index is 0.272. The minimum Gasteiger partial charge on any atom is -0.492 e. The molecule has 2 aromatic carbocycles. The first-order valence-electron chi connectivity index (χ1n) is 6.13. The van der Waals surface area contributed by atoms with Crippen LogP contribution in [-0.2, 0) is 0 Å². The number of hydrogen-bond acceptors (Lipinski definition) is 2. The van der Waals surface area contributed by atoms with E-state index in [0.29, 0.717) is 18.3 Å². The third-order valence-corrected chi connectivity index (χ3v) is 3.28. The van der Waals surface area contributed by atoms with Gasteiger partial charge in [0, 0.05) is 0 Å². The molecular weight excluding hydrogens is 228 g/mol. The number of carboxylic acids is 1. The van der Waals surface area contributed by atoms with Crippen LogP contribution in [0, 0.1) is 5.92 Å². The van der Waals surface area contributed by atoms with Crippen LogP contribution in [0.5, 0.6) is 5.75 Å². The molecule has 0 bridgehead atoms. The highest BCUT2D eigenvalue weighted by Crippen LogP contribution is 2.32. The fourth-order valence-corrected chi connectivity index (χ4v) is 2.08. The molecule has 0 heterocycles. The van der Waals surface area contributed by atoms with Crippen LogP contribution in [0.15, 0.2) is 36.4 Å². The van der Waals surface area contributed by atoms with Gasteiger partial charge in [-0.25, -0.2) is 4.79 Å². The second kappa shape index (κ2) is 4.33. The number of ether oxygens (including phenoxy) is 1. The lowest BCUT2D eigenvalue weighted by atomic mass is 10.0. The normalized spacial score (nSPS) is 14.7. The number of benzene rings is 2. The summed E-state index contributed by atoms with van der Waals surface area (Å²) >= 11 is 0. The maximum absolute atomic E-state index is 11.4. The topological polar surface area (TPSA) is 46.5 Å². The van der Waals surface area contributed by atoms with Crippen LogP contribution in [0.2, 0.25) is 0 Å². The third-order valence-electron chi connectivity index (χ3n) is 3.28. The molecule has 0 spiro atoms. The Morgan fingerprint density at radius 2 is 2.00 bits per heavy atom. The Morgan fingerprint density at radius 1 is 1.22 bits per heavy atom. The highest BCUT2D eigenvalue weighted by atomic mass is 16.5. The Balaban J connectivity index is 2.05. The van der Waals surface area contributed by atoms with E-state index in [-0.39, 0.29) is 5.56 Å². The van der Waals surface area contributed by atoms with E-state index < -0.39 is 5.97 Å². The van der Waals surface area contributed by atoms with Gasteiger partial charge in [-0.1, -0.05) is 30.3 Å². The van der Waals surface area contributed by atoms with Crippen LogP contribution < -0.4 is 4.74 Å². The number of carbonyl (C=O) groups is 1. The fraction of sp³-hybridized carbons (Fsp3) is 0.267. The van der Waals surface area contributed by atoms with Crippen molar-refractivity contribution in [3.63, 3.8) is 0 Å². The van der Waals surface area contributed by atoms with Crippen molar-refractivity contribution in [2.45, 2.75) is 12.8 Å². The molecule has 3 nitrogen and oxygen atoms in total. The fourth-order valence-electron chi connectivity index (χ4n) is 2.08. The van der Waals surface area contributed by atoms with Crippen LogP contribution in [0.3, 0.4) is 0 Å². The van der Waals surface area contributed by atoms with Crippen LogP contribution in [0.4, 0.5) is 0 Å².